The molecule has 138 valence electrons. The Balaban J connectivity index is 1.65. The molecule has 0 fully saturated rings. The highest BCUT2D eigenvalue weighted by atomic mass is 16.6. The standard InChI is InChI=1S/C21H26N2O3/c1-14(2)20(16-7-5-4-6-8-16)23-21(24)22-15(3)17-9-10-18-19(13-17)26-12-11-25-18/h4-10,13-15,20H,11-12H2,1-3H3,(H2,22,23,24). The fourth-order valence-corrected chi connectivity index (χ4v) is 3.09. The second kappa shape index (κ2) is 8.13. The van der Waals surface area contributed by atoms with Crippen molar-refractivity contribution in [3.05, 3.63) is 59.7 Å². The average molecular weight is 354 g/mol. The van der Waals surface area contributed by atoms with E-state index in [1.165, 1.54) is 0 Å². The van der Waals surface area contributed by atoms with Gasteiger partial charge in [0.25, 0.3) is 0 Å². The van der Waals surface area contributed by atoms with Crippen LogP contribution in [0.4, 0.5) is 4.79 Å². The summed E-state index contributed by atoms with van der Waals surface area (Å²) in [6.07, 6.45) is 0. The zero-order valence-electron chi connectivity index (χ0n) is 15.5. The van der Waals surface area contributed by atoms with Crippen molar-refractivity contribution in [2.45, 2.75) is 32.9 Å². The Hall–Kier alpha value is -2.69. The minimum Gasteiger partial charge on any atom is -0.486 e. The molecule has 0 saturated heterocycles. The fraction of sp³-hybridized carbons (Fsp3) is 0.381. The predicted octanol–water partition coefficient (Wildman–Crippen LogP) is 4.22. The molecule has 2 aromatic rings. The molecule has 2 atom stereocenters. The van der Waals surface area contributed by atoms with Gasteiger partial charge in [-0.1, -0.05) is 50.2 Å². The largest absolute Gasteiger partial charge is 0.486 e. The lowest BCUT2D eigenvalue weighted by Crippen LogP contribution is -2.40. The number of carbonyl (C=O) groups is 1. The van der Waals surface area contributed by atoms with E-state index in [1.807, 2.05) is 55.5 Å². The molecule has 3 rings (SSSR count). The van der Waals surface area contributed by atoms with E-state index in [-0.39, 0.29) is 24.0 Å². The molecule has 2 amide bonds. The number of benzene rings is 2. The van der Waals surface area contributed by atoms with Crippen molar-refractivity contribution in [1.82, 2.24) is 10.6 Å². The third kappa shape index (κ3) is 4.28. The maximum atomic E-state index is 12.5. The first-order chi connectivity index (χ1) is 12.5. The van der Waals surface area contributed by atoms with E-state index in [0.717, 1.165) is 22.6 Å². The molecular formula is C21H26N2O3. The average Bonchev–Trinajstić information content (AvgIpc) is 2.66. The van der Waals surface area contributed by atoms with Crippen molar-refractivity contribution < 1.29 is 14.3 Å². The van der Waals surface area contributed by atoms with Crippen molar-refractivity contribution in [1.29, 1.82) is 0 Å². The molecule has 0 aliphatic carbocycles. The molecule has 26 heavy (non-hydrogen) atoms. The third-order valence-corrected chi connectivity index (χ3v) is 4.53. The van der Waals surface area contributed by atoms with Gasteiger partial charge in [-0.15, -0.1) is 0 Å². The zero-order chi connectivity index (χ0) is 18.5. The molecule has 5 heteroatoms. The highest BCUT2D eigenvalue weighted by Crippen LogP contribution is 2.32. The van der Waals surface area contributed by atoms with Gasteiger partial charge in [0, 0.05) is 0 Å². The second-order valence-electron chi connectivity index (χ2n) is 6.87. The van der Waals surface area contributed by atoms with E-state index in [4.69, 9.17) is 9.47 Å². The summed E-state index contributed by atoms with van der Waals surface area (Å²) in [6, 6.07) is 15.4. The lowest BCUT2D eigenvalue weighted by molar-refractivity contribution is 0.171. The number of hydrogen-bond acceptors (Lipinski definition) is 3. The normalized spacial score (nSPS) is 15.2. The van der Waals surface area contributed by atoms with Crippen molar-refractivity contribution in [2.24, 2.45) is 5.92 Å². The monoisotopic (exact) mass is 354 g/mol. The molecule has 0 aromatic heterocycles. The number of nitrogens with one attached hydrogen (secondary N) is 2. The van der Waals surface area contributed by atoms with Crippen LogP contribution in [0.25, 0.3) is 0 Å². The van der Waals surface area contributed by atoms with Crippen LogP contribution in [0.1, 0.15) is 44.0 Å². The number of fused-ring (bicyclic) bond motifs is 1. The number of hydrogen-bond donors (Lipinski definition) is 2. The molecule has 0 spiro atoms. The first-order valence-electron chi connectivity index (χ1n) is 9.06. The Morgan fingerprint density at radius 2 is 1.58 bits per heavy atom. The van der Waals surface area contributed by atoms with Crippen LogP contribution >= 0.6 is 0 Å². The van der Waals surface area contributed by atoms with E-state index >= 15 is 0 Å². The summed E-state index contributed by atoms with van der Waals surface area (Å²) in [5.41, 5.74) is 2.08. The van der Waals surface area contributed by atoms with E-state index in [1.54, 1.807) is 0 Å². The van der Waals surface area contributed by atoms with E-state index in [2.05, 4.69) is 24.5 Å². The van der Waals surface area contributed by atoms with Gasteiger partial charge in [0.1, 0.15) is 13.2 Å². The number of rotatable bonds is 5. The summed E-state index contributed by atoms with van der Waals surface area (Å²) in [5.74, 6) is 1.76. The van der Waals surface area contributed by atoms with Crippen LogP contribution < -0.4 is 20.1 Å². The van der Waals surface area contributed by atoms with Crippen molar-refractivity contribution in [2.75, 3.05) is 13.2 Å². The predicted molar refractivity (Wildman–Crippen MR) is 102 cm³/mol. The molecular weight excluding hydrogens is 328 g/mol. The molecule has 0 radical (unpaired) electrons. The lowest BCUT2D eigenvalue weighted by atomic mass is 9.96. The zero-order valence-corrected chi connectivity index (χ0v) is 15.5. The first kappa shape index (κ1) is 18.1. The third-order valence-electron chi connectivity index (χ3n) is 4.53. The van der Waals surface area contributed by atoms with Crippen LogP contribution in [0, 0.1) is 5.92 Å². The Morgan fingerprint density at radius 1 is 0.885 bits per heavy atom. The van der Waals surface area contributed by atoms with Gasteiger partial charge in [0.15, 0.2) is 11.5 Å². The minimum atomic E-state index is -0.185. The number of urea groups is 1. The summed E-state index contributed by atoms with van der Waals surface area (Å²) in [7, 11) is 0. The van der Waals surface area contributed by atoms with Crippen LogP contribution in [0.3, 0.4) is 0 Å². The van der Waals surface area contributed by atoms with E-state index < -0.39 is 0 Å². The summed E-state index contributed by atoms with van der Waals surface area (Å²) in [4.78, 5) is 12.5. The molecule has 0 bridgehead atoms. The van der Waals surface area contributed by atoms with Crippen LogP contribution in [-0.2, 0) is 0 Å². The molecule has 2 aromatic carbocycles. The van der Waals surface area contributed by atoms with Crippen LogP contribution in [0.15, 0.2) is 48.5 Å². The van der Waals surface area contributed by atoms with Crippen molar-refractivity contribution >= 4 is 6.03 Å². The minimum absolute atomic E-state index is 0.0383. The fourth-order valence-electron chi connectivity index (χ4n) is 3.09. The van der Waals surface area contributed by atoms with Gasteiger partial charge in [-0.05, 0) is 36.1 Å². The van der Waals surface area contributed by atoms with E-state index in [9.17, 15) is 4.79 Å². The molecule has 1 aliphatic rings. The van der Waals surface area contributed by atoms with Gasteiger partial charge in [0.2, 0.25) is 0 Å². The van der Waals surface area contributed by atoms with Crippen molar-refractivity contribution in [3.8, 4) is 11.5 Å². The maximum Gasteiger partial charge on any atom is 0.315 e. The summed E-state index contributed by atoms with van der Waals surface area (Å²) >= 11 is 0. The topological polar surface area (TPSA) is 59.6 Å². The molecule has 1 heterocycles. The molecule has 2 unspecified atom stereocenters. The summed E-state index contributed by atoms with van der Waals surface area (Å²) < 4.78 is 11.2. The van der Waals surface area contributed by atoms with Crippen molar-refractivity contribution in [3.63, 3.8) is 0 Å². The molecule has 2 N–H and O–H groups in total. The molecule has 1 aliphatic heterocycles. The highest BCUT2D eigenvalue weighted by Gasteiger charge is 2.20. The van der Waals surface area contributed by atoms with Gasteiger partial charge in [-0.3, -0.25) is 0 Å². The smallest absolute Gasteiger partial charge is 0.315 e. The second-order valence-corrected chi connectivity index (χ2v) is 6.87. The summed E-state index contributed by atoms with van der Waals surface area (Å²) in [5, 5.41) is 6.10. The lowest BCUT2D eigenvalue weighted by Gasteiger charge is -2.25. The van der Waals surface area contributed by atoms with Gasteiger partial charge in [-0.2, -0.15) is 0 Å². The van der Waals surface area contributed by atoms with Gasteiger partial charge < -0.3 is 20.1 Å². The van der Waals surface area contributed by atoms with Gasteiger partial charge in [-0.25, -0.2) is 4.79 Å². The number of carbonyl (C=O) groups excluding carboxylic acids is 1. The van der Waals surface area contributed by atoms with Crippen LogP contribution in [0.5, 0.6) is 11.5 Å². The first-order valence-corrected chi connectivity index (χ1v) is 9.06. The SMILES string of the molecule is CC(NC(=O)NC(c1ccccc1)C(C)C)c1ccc2c(c1)OCCO2. The Labute approximate surface area is 154 Å². The Morgan fingerprint density at radius 3 is 2.27 bits per heavy atom. The quantitative estimate of drug-likeness (QED) is 0.845. The van der Waals surface area contributed by atoms with Gasteiger partial charge >= 0.3 is 6.03 Å². The maximum absolute atomic E-state index is 12.5. The molecule has 0 saturated carbocycles. The summed E-state index contributed by atoms with van der Waals surface area (Å²) in [6.45, 7) is 7.27. The van der Waals surface area contributed by atoms with Crippen LogP contribution in [-0.4, -0.2) is 19.2 Å². The molecule has 5 nitrogen and oxygen atoms in total. The van der Waals surface area contributed by atoms with Crippen LogP contribution in [0.2, 0.25) is 0 Å². The van der Waals surface area contributed by atoms with E-state index in [0.29, 0.717) is 13.2 Å². The highest BCUT2D eigenvalue weighted by molar-refractivity contribution is 5.75. The number of amides is 2. The Kier molecular flexibility index (Phi) is 5.66. The number of ether oxygens (including phenoxy) is 2. The van der Waals surface area contributed by atoms with Gasteiger partial charge in [0.05, 0.1) is 12.1 Å². The Bertz CT molecular complexity index is 746.